The van der Waals surface area contributed by atoms with Crippen LogP contribution in [0.3, 0.4) is 0 Å². The van der Waals surface area contributed by atoms with Crippen LogP contribution in [0.1, 0.15) is 22.8 Å². The Morgan fingerprint density at radius 1 is 1.13 bits per heavy atom. The smallest absolute Gasteiger partial charge is 0.300 e. The van der Waals surface area contributed by atoms with Crippen molar-refractivity contribution in [2.75, 3.05) is 12.4 Å². The highest BCUT2D eigenvalue weighted by Crippen LogP contribution is 2.22. The molecule has 0 bridgehead atoms. The summed E-state index contributed by atoms with van der Waals surface area (Å²) in [6.45, 7) is 4.33. The second-order valence-electron chi connectivity index (χ2n) is 6.70. The Hall–Kier alpha value is -3.10. The molecule has 0 aliphatic heterocycles. The molecule has 0 aliphatic rings. The van der Waals surface area contributed by atoms with Crippen molar-refractivity contribution in [2.24, 2.45) is 0 Å². The maximum Gasteiger partial charge on any atom is 0.300 e. The van der Waals surface area contributed by atoms with Crippen molar-refractivity contribution in [3.63, 3.8) is 0 Å². The number of nitrogens with zero attached hydrogens (tertiary/aromatic N) is 4. The van der Waals surface area contributed by atoms with Crippen LogP contribution < -0.4 is 10.3 Å². The first kappa shape index (κ1) is 21.1. The molecule has 158 valence electrons. The van der Waals surface area contributed by atoms with E-state index in [1.807, 2.05) is 19.9 Å². The lowest BCUT2D eigenvalue weighted by Crippen LogP contribution is -2.21. The lowest BCUT2D eigenvalue weighted by atomic mass is 10.1. The van der Waals surface area contributed by atoms with Gasteiger partial charge in [0.2, 0.25) is 5.65 Å². The number of benzene rings is 2. The topological polar surface area (TPSA) is 78.5 Å². The summed E-state index contributed by atoms with van der Waals surface area (Å²) in [6.07, 6.45) is 3.36. The van der Waals surface area contributed by atoms with Gasteiger partial charge in [-0.15, -0.1) is 10.2 Å². The number of carbonyl (C=O) groups is 1. The van der Waals surface area contributed by atoms with Gasteiger partial charge >= 0.3 is 5.56 Å². The average Bonchev–Trinajstić information content (AvgIpc) is 3.19. The normalized spacial score (nSPS) is 11.1. The molecule has 2 aromatic heterocycles. The van der Waals surface area contributed by atoms with Gasteiger partial charge in [0, 0.05) is 23.0 Å². The number of Topliss-reactive ketones (excluding diaryl/α,β-unsaturated/α-hetero) is 1. The van der Waals surface area contributed by atoms with E-state index in [9.17, 15) is 9.59 Å². The first-order valence-corrected chi connectivity index (χ1v) is 11.0. The highest BCUT2D eigenvalue weighted by molar-refractivity contribution is 7.99. The first-order chi connectivity index (χ1) is 15.0. The molecule has 0 spiro atoms. The Balaban J connectivity index is 1.56. The Morgan fingerprint density at radius 2 is 1.90 bits per heavy atom. The van der Waals surface area contributed by atoms with Crippen molar-refractivity contribution in [3.05, 3.63) is 81.4 Å². The number of carbonyl (C=O) groups excluding carboxylic acids is 1. The maximum absolute atomic E-state index is 13.0. The minimum Gasteiger partial charge on any atom is -0.494 e. The van der Waals surface area contributed by atoms with Crippen LogP contribution in [-0.2, 0) is 0 Å². The molecule has 7 nitrogen and oxygen atoms in total. The predicted octanol–water partition coefficient (Wildman–Crippen LogP) is 4.22. The minimum atomic E-state index is -0.315. The average molecular weight is 455 g/mol. The molecule has 4 aromatic rings. The number of fused-ring (bicyclic) bond motifs is 1. The van der Waals surface area contributed by atoms with E-state index in [1.54, 1.807) is 53.2 Å². The van der Waals surface area contributed by atoms with E-state index in [0.717, 1.165) is 11.3 Å². The molecule has 0 N–H and O–H groups in total. The van der Waals surface area contributed by atoms with Crippen LogP contribution in [0.15, 0.2) is 64.8 Å². The summed E-state index contributed by atoms with van der Waals surface area (Å²) in [5.74, 6) is 0.847. The maximum atomic E-state index is 13.0. The van der Waals surface area contributed by atoms with Gasteiger partial charge in [-0.3, -0.25) is 18.6 Å². The van der Waals surface area contributed by atoms with Gasteiger partial charge in [0.1, 0.15) is 5.75 Å². The number of ketones is 1. The Labute approximate surface area is 187 Å². The van der Waals surface area contributed by atoms with Crippen molar-refractivity contribution < 1.29 is 9.53 Å². The lowest BCUT2D eigenvalue weighted by Gasteiger charge is -2.10. The fourth-order valence-electron chi connectivity index (χ4n) is 3.13. The fourth-order valence-corrected chi connectivity index (χ4v) is 4.11. The van der Waals surface area contributed by atoms with Crippen LogP contribution >= 0.6 is 23.4 Å². The van der Waals surface area contributed by atoms with E-state index in [0.29, 0.717) is 28.0 Å². The van der Waals surface area contributed by atoms with Crippen molar-refractivity contribution in [3.8, 4) is 11.4 Å². The summed E-state index contributed by atoms with van der Waals surface area (Å²) in [5.41, 5.74) is 1.93. The molecule has 2 heterocycles. The van der Waals surface area contributed by atoms with Crippen LogP contribution in [0.5, 0.6) is 5.75 Å². The molecule has 2 aromatic carbocycles. The molecule has 0 saturated heterocycles. The zero-order chi connectivity index (χ0) is 22.0. The van der Waals surface area contributed by atoms with E-state index in [-0.39, 0.29) is 22.7 Å². The molecule has 0 amide bonds. The molecule has 0 atom stereocenters. The monoisotopic (exact) mass is 454 g/mol. The van der Waals surface area contributed by atoms with Gasteiger partial charge in [0.05, 0.1) is 18.0 Å². The zero-order valence-corrected chi connectivity index (χ0v) is 18.5. The van der Waals surface area contributed by atoms with E-state index < -0.39 is 0 Å². The molecule has 31 heavy (non-hydrogen) atoms. The van der Waals surface area contributed by atoms with Crippen LogP contribution in [-0.4, -0.2) is 37.3 Å². The molecular formula is C22H19ClN4O3S. The zero-order valence-electron chi connectivity index (χ0n) is 16.9. The van der Waals surface area contributed by atoms with Gasteiger partial charge in [-0.2, -0.15) is 0 Å². The van der Waals surface area contributed by atoms with Crippen molar-refractivity contribution in [1.29, 1.82) is 0 Å². The number of rotatable bonds is 7. The number of hydrogen-bond donors (Lipinski definition) is 0. The van der Waals surface area contributed by atoms with E-state index in [1.165, 1.54) is 16.3 Å². The predicted molar refractivity (Wildman–Crippen MR) is 121 cm³/mol. The lowest BCUT2D eigenvalue weighted by molar-refractivity contribution is 0.102. The largest absolute Gasteiger partial charge is 0.494 e. The SMILES string of the molecule is CCOc1ccc(C(=O)CSc2nnc3c(=O)n(-c4cccc(Cl)c4C)ccn23)cc1. The van der Waals surface area contributed by atoms with Crippen LogP contribution in [0.2, 0.25) is 5.02 Å². The number of aromatic nitrogens is 4. The second-order valence-corrected chi connectivity index (χ2v) is 8.05. The van der Waals surface area contributed by atoms with Crippen molar-refractivity contribution in [1.82, 2.24) is 19.2 Å². The van der Waals surface area contributed by atoms with Gasteiger partial charge in [-0.25, -0.2) is 0 Å². The van der Waals surface area contributed by atoms with Crippen LogP contribution in [0.25, 0.3) is 11.3 Å². The summed E-state index contributed by atoms with van der Waals surface area (Å²) in [7, 11) is 0. The molecule has 0 saturated carbocycles. The number of thioether (sulfide) groups is 1. The van der Waals surface area contributed by atoms with Gasteiger partial charge < -0.3 is 4.74 Å². The van der Waals surface area contributed by atoms with Gasteiger partial charge in [0.15, 0.2) is 10.9 Å². The van der Waals surface area contributed by atoms with Crippen LogP contribution in [0, 0.1) is 6.92 Å². The minimum absolute atomic E-state index is 0.0484. The van der Waals surface area contributed by atoms with Gasteiger partial charge in [-0.05, 0) is 55.8 Å². The third kappa shape index (κ3) is 4.22. The molecule has 0 fully saturated rings. The standard InChI is InChI=1S/C22H19ClN4O3S/c1-3-30-16-9-7-15(8-10-16)19(28)13-31-22-25-24-20-21(29)26(11-12-27(20)22)18-6-4-5-17(23)14(18)2/h4-12H,3,13H2,1-2H3. The Bertz CT molecular complexity index is 1310. The highest BCUT2D eigenvalue weighted by Gasteiger charge is 2.15. The van der Waals surface area contributed by atoms with Crippen molar-refractivity contribution >= 4 is 34.8 Å². The summed E-state index contributed by atoms with van der Waals surface area (Å²) in [4.78, 5) is 25.5. The van der Waals surface area contributed by atoms with E-state index in [2.05, 4.69) is 10.2 Å². The molecule has 0 aliphatic carbocycles. The third-order valence-corrected chi connectivity index (χ3v) is 6.11. The summed E-state index contributed by atoms with van der Waals surface area (Å²) < 4.78 is 8.48. The van der Waals surface area contributed by atoms with Gasteiger partial charge in [-0.1, -0.05) is 29.4 Å². The van der Waals surface area contributed by atoms with Crippen molar-refractivity contribution in [2.45, 2.75) is 19.0 Å². The molecule has 9 heteroatoms. The second kappa shape index (κ2) is 8.95. The van der Waals surface area contributed by atoms with Crippen LogP contribution in [0.4, 0.5) is 0 Å². The molecule has 0 unspecified atom stereocenters. The summed E-state index contributed by atoms with van der Waals surface area (Å²) in [5, 5.41) is 9.19. The quantitative estimate of drug-likeness (QED) is 0.307. The molecule has 0 radical (unpaired) electrons. The number of halogens is 1. The first-order valence-electron chi connectivity index (χ1n) is 9.60. The Morgan fingerprint density at radius 3 is 2.65 bits per heavy atom. The van der Waals surface area contributed by atoms with E-state index in [4.69, 9.17) is 16.3 Å². The molecular weight excluding hydrogens is 436 g/mol. The number of ether oxygens (including phenoxy) is 1. The summed E-state index contributed by atoms with van der Waals surface area (Å²) in [6, 6.07) is 12.4. The molecule has 4 rings (SSSR count). The highest BCUT2D eigenvalue weighted by atomic mass is 35.5. The Kier molecular flexibility index (Phi) is 6.11. The van der Waals surface area contributed by atoms with E-state index >= 15 is 0 Å². The number of hydrogen-bond acceptors (Lipinski definition) is 6. The fraction of sp³-hybridized carbons (Fsp3) is 0.182. The van der Waals surface area contributed by atoms with Gasteiger partial charge in [0.25, 0.3) is 0 Å². The third-order valence-electron chi connectivity index (χ3n) is 4.76. The summed E-state index contributed by atoms with van der Waals surface area (Å²) >= 11 is 7.42.